The van der Waals surface area contributed by atoms with E-state index in [1.54, 1.807) is 14.2 Å². The van der Waals surface area contributed by atoms with Gasteiger partial charge in [0.1, 0.15) is 11.3 Å². The number of methoxy groups -OCH3 is 2. The van der Waals surface area contributed by atoms with Crippen molar-refractivity contribution in [2.45, 2.75) is 6.92 Å². The van der Waals surface area contributed by atoms with Gasteiger partial charge in [-0.05, 0) is 48.4 Å². The Morgan fingerprint density at radius 2 is 1.68 bits per heavy atom. The van der Waals surface area contributed by atoms with Crippen LogP contribution >= 0.6 is 0 Å². The zero-order chi connectivity index (χ0) is 15.5. The normalized spacial score (nSPS) is 11.2. The van der Waals surface area contributed by atoms with Gasteiger partial charge in [0, 0.05) is 5.39 Å². The van der Waals surface area contributed by atoms with Crippen molar-refractivity contribution in [1.29, 1.82) is 0 Å². The highest BCUT2D eigenvalue weighted by atomic mass is 16.5. The molecule has 1 heterocycles. The maximum atomic E-state index is 5.83. The van der Waals surface area contributed by atoms with Crippen LogP contribution in [0.3, 0.4) is 0 Å². The smallest absolute Gasteiger partial charge is 0.161 e. The zero-order valence-corrected chi connectivity index (χ0v) is 12.9. The maximum Gasteiger partial charge on any atom is 0.161 e. The number of hydrogen-bond acceptors (Lipinski definition) is 3. The summed E-state index contributed by atoms with van der Waals surface area (Å²) >= 11 is 0. The first-order valence-corrected chi connectivity index (χ1v) is 7.10. The molecule has 3 heteroatoms. The van der Waals surface area contributed by atoms with Crippen molar-refractivity contribution < 1.29 is 13.9 Å². The fourth-order valence-electron chi connectivity index (χ4n) is 2.38. The van der Waals surface area contributed by atoms with Gasteiger partial charge in [0.2, 0.25) is 0 Å². The van der Waals surface area contributed by atoms with Crippen molar-refractivity contribution in [3.63, 3.8) is 0 Å². The van der Waals surface area contributed by atoms with Crippen LogP contribution in [0.15, 0.2) is 46.9 Å². The Kier molecular flexibility index (Phi) is 3.88. The standard InChI is InChI=1S/C19H18O3/c1-13-4-7-15-12-16(22-18(15)10-13)8-5-14-6-9-17(20-2)19(11-14)21-3/h4-12H,1-3H3. The second kappa shape index (κ2) is 5.98. The fraction of sp³-hybridized carbons (Fsp3) is 0.158. The lowest BCUT2D eigenvalue weighted by atomic mass is 10.1. The molecule has 0 saturated carbocycles. The Morgan fingerprint density at radius 3 is 2.45 bits per heavy atom. The van der Waals surface area contributed by atoms with Crippen molar-refractivity contribution in [2.75, 3.05) is 14.2 Å². The van der Waals surface area contributed by atoms with Gasteiger partial charge in [-0.2, -0.15) is 0 Å². The van der Waals surface area contributed by atoms with Crippen LogP contribution in [-0.2, 0) is 0 Å². The molecule has 0 aliphatic rings. The lowest BCUT2D eigenvalue weighted by molar-refractivity contribution is 0.355. The average molecular weight is 294 g/mol. The predicted octanol–water partition coefficient (Wildman–Crippen LogP) is 4.93. The summed E-state index contributed by atoms with van der Waals surface area (Å²) in [5.41, 5.74) is 3.12. The number of hydrogen-bond donors (Lipinski definition) is 0. The van der Waals surface area contributed by atoms with Crippen LogP contribution in [-0.4, -0.2) is 14.2 Å². The number of aryl methyl sites for hydroxylation is 1. The first-order chi connectivity index (χ1) is 10.7. The van der Waals surface area contributed by atoms with Crippen molar-refractivity contribution in [2.24, 2.45) is 0 Å². The molecule has 0 bridgehead atoms. The van der Waals surface area contributed by atoms with E-state index in [1.165, 1.54) is 5.56 Å². The molecule has 0 atom stereocenters. The van der Waals surface area contributed by atoms with Gasteiger partial charge in [0.15, 0.2) is 11.5 Å². The molecule has 2 aromatic carbocycles. The summed E-state index contributed by atoms with van der Waals surface area (Å²) in [6.45, 7) is 2.06. The van der Waals surface area contributed by atoms with Crippen LogP contribution in [0.5, 0.6) is 11.5 Å². The lowest BCUT2D eigenvalue weighted by Gasteiger charge is -2.07. The van der Waals surface area contributed by atoms with E-state index >= 15 is 0 Å². The lowest BCUT2D eigenvalue weighted by Crippen LogP contribution is -1.90. The monoisotopic (exact) mass is 294 g/mol. The van der Waals surface area contributed by atoms with Gasteiger partial charge < -0.3 is 13.9 Å². The van der Waals surface area contributed by atoms with Gasteiger partial charge >= 0.3 is 0 Å². The van der Waals surface area contributed by atoms with Gasteiger partial charge in [0.05, 0.1) is 14.2 Å². The molecule has 0 aliphatic carbocycles. The van der Waals surface area contributed by atoms with Crippen LogP contribution < -0.4 is 9.47 Å². The molecule has 0 spiro atoms. The Labute approximate surface area is 129 Å². The topological polar surface area (TPSA) is 31.6 Å². The first kappa shape index (κ1) is 14.3. The van der Waals surface area contributed by atoms with E-state index in [0.717, 1.165) is 28.0 Å². The quantitative estimate of drug-likeness (QED) is 0.684. The molecule has 0 unspecified atom stereocenters. The number of furan rings is 1. The fourth-order valence-corrected chi connectivity index (χ4v) is 2.38. The summed E-state index contributed by atoms with van der Waals surface area (Å²) in [5, 5.41) is 1.11. The van der Waals surface area contributed by atoms with Crippen LogP contribution in [0, 0.1) is 6.92 Å². The van der Waals surface area contributed by atoms with E-state index in [0.29, 0.717) is 5.75 Å². The Morgan fingerprint density at radius 1 is 0.864 bits per heavy atom. The average Bonchev–Trinajstić information content (AvgIpc) is 2.94. The summed E-state index contributed by atoms with van der Waals surface area (Å²) in [6, 6.07) is 14.0. The van der Waals surface area contributed by atoms with E-state index in [-0.39, 0.29) is 0 Å². The minimum absolute atomic E-state index is 0.713. The minimum Gasteiger partial charge on any atom is -0.493 e. The summed E-state index contributed by atoms with van der Waals surface area (Å²) in [5.74, 6) is 2.26. The maximum absolute atomic E-state index is 5.83. The second-order valence-corrected chi connectivity index (χ2v) is 5.14. The largest absolute Gasteiger partial charge is 0.493 e. The third kappa shape index (κ3) is 2.84. The van der Waals surface area contributed by atoms with E-state index in [1.807, 2.05) is 42.5 Å². The predicted molar refractivity (Wildman–Crippen MR) is 89.4 cm³/mol. The van der Waals surface area contributed by atoms with E-state index < -0.39 is 0 Å². The highest BCUT2D eigenvalue weighted by molar-refractivity contribution is 5.82. The molecule has 0 N–H and O–H groups in total. The number of benzene rings is 2. The Hall–Kier alpha value is -2.68. The third-order valence-electron chi connectivity index (χ3n) is 3.54. The third-order valence-corrected chi connectivity index (χ3v) is 3.54. The first-order valence-electron chi connectivity index (χ1n) is 7.10. The summed E-state index contributed by atoms with van der Waals surface area (Å²) in [4.78, 5) is 0. The van der Waals surface area contributed by atoms with Crippen LogP contribution in [0.25, 0.3) is 23.1 Å². The van der Waals surface area contributed by atoms with Crippen molar-refractivity contribution in [1.82, 2.24) is 0 Å². The van der Waals surface area contributed by atoms with Crippen LogP contribution in [0.2, 0.25) is 0 Å². The summed E-state index contributed by atoms with van der Waals surface area (Å²) in [7, 11) is 3.26. The molecule has 0 radical (unpaired) electrons. The molecule has 0 fully saturated rings. The summed E-state index contributed by atoms with van der Waals surface area (Å²) < 4.78 is 16.4. The highest BCUT2D eigenvalue weighted by Gasteiger charge is 2.04. The van der Waals surface area contributed by atoms with Gasteiger partial charge in [-0.1, -0.05) is 24.3 Å². The van der Waals surface area contributed by atoms with Crippen molar-refractivity contribution >= 4 is 23.1 Å². The second-order valence-electron chi connectivity index (χ2n) is 5.14. The Balaban J connectivity index is 1.89. The molecule has 22 heavy (non-hydrogen) atoms. The number of fused-ring (bicyclic) bond motifs is 1. The SMILES string of the molecule is COc1ccc(C=Cc2cc3ccc(C)cc3o2)cc1OC. The van der Waals surface area contributed by atoms with Crippen molar-refractivity contribution in [3.05, 3.63) is 59.4 Å². The molecule has 3 aromatic rings. The molecule has 112 valence electrons. The molecule has 3 rings (SSSR count). The number of rotatable bonds is 4. The van der Waals surface area contributed by atoms with E-state index in [2.05, 4.69) is 19.1 Å². The van der Waals surface area contributed by atoms with Gasteiger partial charge in [-0.15, -0.1) is 0 Å². The molecule has 0 aliphatic heterocycles. The Bertz CT molecular complexity index is 828. The minimum atomic E-state index is 0.713. The zero-order valence-electron chi connectivity index (χ0n) is 12.9. The summed E-state index contributed by atoms with van der Waals surface area (Å²) in [6.07, 6.45) is 3.95. The molecule has 3 nitrogen and oxygen atoms in total. The number of ether oxygens (including phenoxy) is 2. The molecular weight excluding hydrogens is 276 g/mol. The van der Waals surface area contributed by atoms with Gasteiger partial charge in [-0.3, -0.25) is 0 Å². The molecule has 1 aromatic heterocycles. The molecule has 0 saturated heterocycles. The van der Waals surface area contributed by atoms with E-state index in [4.69, 9.17) is 13.9 Å². The van der Waals surface area contributed by atoms with E-state index in [9.17, 15) is 0 Å². The highest BCUT2D eigenvalue weighted by Crippen LogP contribution is 2.28. The molecule has 0 amide bonds. The van der Waals surface area contributed by atoms with Gasteiger partial charge in [-0.25, -0.2) is 0 Å². The van der Waals surface area contributed by atoms with Crippen LogP contribution in [0.4, 0.5) is 0 Å². The van der Waals surface area contributed by atoms with Gasteiger partial charge in [0.25, 0.3) is 0 Å². The van der Waals surface area contributed by atoms with Crippen LogP contribution in [0.1, 0.15) is 16.9 Å². The van der Waals surface area contributed by atoms with Crippen molar-refractivity contribution in [3.8, 4) is 11.5 Å². The molecular formula is C19H18O3.